The number of rotatable bonds is 8. The second kappa shape index (κ2) is 12.1. The third-order valence-corrected chi connectivity index (χ3v) is 5.09. The van der Waals surface area contributed by atoms with Crippen LogP contribution in [0.1, 0.15) is 32.6 Å². The predicted octanol–water partition coefficient (Wildman–Crippen LogP) is 3.23. The number of nitrogens with zero attached hydrogens (tertiary/aromatic N) is 3. The van der Waals surface area contributed by atoms with Gasteiger partial charge in [-0.3, -0.25) is 9.79 Å². The number of hydrogen-bond acceptors (Lipinski definition) is 3. The SMILES string of the molecule is CCNC(=NCC1(C(=O)N(C)C)CCCC1)N(C)CCOc1ccccc1.I. The number of amides is 1. The van der Waals surface area contributed by atoms with Gasteiger partial charge in [0.05, 0.1) is 18.5 Å². The standard InChI is InChI=1S/C21H34N4O2.HI/c1-5-22-20(25(4)15-16-27-18-11-7-6-8-12-18)23-17-21(13-9-10-14-21)19(26)24(2)3;/h6-8,11-12H,5,9-10,13-17H2,1-4H3,(H,22,23);1H. The number of ether oxygens (including phenoxy) is 1. The molecule has 0 aromatic heterocycles. The molecule has 1 aliphatic rings. The number of carbonyl (C=O) groups excluding carboxylic acids is 1. The lowest BCUT2D eigenvalue weighted by Gasteiger charge is -2.30. The Hall–Kier alpha value is -1.51. The molecular weight excluding hydrogens is 467 g/mol. The first-order valence-electron chi connectivity index (χ1n) is 9.87. The molecule has 158 valence electrons. The Balaban J connectivity index is 0.00000392. The third-order valence-electron chi connectivity index (χ3n) is 5.09. The van der Waals surface area contributed by atoms with Crippen LogP contribution in [0.2, 0.25) is 0 Å². The highest BCUT2D eigenvalue weighted by Gasteiger charge is 2.42. The van der Waals surface area contributed by atoms with Crippen LogP contribution in [0, 0.1) is 5.41 Å². The van der Waals surface area contributed by atoms with E-state index >= 15 is 0 Å². The first-order chi connectivity index (χ1) is 13.0. The molecular formula is C21H35IN4O2. The normalized spacial score (nSPS) is 15.5. The Kier molecular flexibility index (Phi) is 10.6. The molecule has 1 fully saturated rings. The summed E-state index contributed by atoms with van der Waals surface area (Å²) in [7, 11) is 5.68. The number of aliphatic imine (C=N–C) groups is 1. The summed E-state index contributed by atoms with van der Waals surface area (Å²) >= 11 is 0. The van der Waals surface area contributed by atoms with Crippen molar-refractivity contribution in [2.24, 2.45) is 10.4 Å². The molecule has 1 aromatic rings. The minimum Gasteiger partial charge on any atom is -0.492 e. The second-order valence-corrected chi connectivity index (χ2v) is 7.44. The molecule has 0 saturated heterocycles. The highest BCUT2D eigenvalue weighted by molar-refractivity contribution is 14.0. The van der Waals surface area contributed by atoms with Crippen LogP contribution in [0.15, 0.2) is 35.3 Å². The van der Waals surface area contributed by atoms with E-state index in [2.05, 4.69) is 17.1 Å². The summed E-state index contributed by atoms with van der Waals surface area (Å²) in [6.45, 7) is 4.68. The molecule has 0 bridgehead atoms. The second-order valence-electron chi connectivity index (χ2n) is 7.44. The zero-order chi connectivity index (χ0) is 19.7. The van der Waals surface area contributed by atoms with Gasteiger partial charge in [-0.25, -0.2) is 0 Å². The zero-order valence-electron chi connectivity index (χ0n) is 17.6. The van der Waals surface area contributed by atoms with Gasteiger partial charge in [-0.1, -0.05) is 31.0 Å². The molecule has 0 unspecified atom stereocenters. The molecule has 1 saturated carbocycles. The van der Waals surface area contributed by atoms with Crippen LogP contribution in [0.5, 0.6) is 5.75 Å². The smallest absolute Gasteiger partial charge is 0.230 e. The van der Waals surface area contributed by atoms with Crippen LogP contribution in [-0.2, 0) is 4.79 Å². The van der Waals surface area contributed by atoms with Gasteiger partial charge in [0.15, 0.2) is 5.96 Å². The van der Waals surface area contributed by atoms with Crippen LogP contribution < -0.4 is 10.1 Å². The molecule has 6 nitrogen and oxygen atoms in total. The van der Waals surface area contributed by atoms with Gasteiger partial charge in [-0.2, -0.15) is 0 Å². The maximum atomic E-state index is 12.7. The molecule has 0 spiro atoms. The topological polar surface area (TPSA) is 57.2 Å². The third kappa shape index (κ3) is 6.83. The van der Waals surface area contributed by atoms with E-state index in [0.717, 1.165) is 50.5 Å². The van der Waals surface area contributed by atoms with E-state index in [4.69, 9.17) is 9.73 Å². The monoisotopic (exact) mass is 502 g/mol. The molecule has 7 heteroatoms. The van der Waals surface area contributed by atoms with Crippen molar-refractivity contribution in [1.82, 2.24) is 15.1 Å². The van der Waals surface area contributed by atoms with Crippen molar-refractivity contribution in [3.63, 3.8) is 0 Å². The van der Waals surface area contributed by atoms with Crippen LogP contribution in [0.25, 0.3) is 0 Å². The fraction of sp³-hybridized carbons (Fsp3) is 0.619. The minimum absolute atomic E-state index is 0. The number of carbonyl (C=O) groups is 1. The van der Waals surface area contributed by atoms with Crippen molar-refractivity contribution in [2.75, 3.05) is 47.4 Å². The quantitative estimate of drug-likeness (QED) is 0.337. The molecule has 0 heterocycles. The van der Waals surface area contributed by atoms with E-state index in [1.165, 1.54) is 0 Å². The van der Waals surface area contributed by atoms with Crippen LogP contribution >= 0.6 is 24.0 Å². The summed E-state index contributed by atoms with van der Waals surface area (Å²) in [6, 6.07) is 9.82. The molecule has 1 N–H and O–H groups in total. The maximum Gasteiger partial charge on any atom is 0.230 e. The van der Waals surface area contributed by atoms with Crippen molar-refractivity contribution >= 4 is 35.8 Å². The van der Waals surface area contributed by atoms with Crippen molar-refractivity contribution in [1.29, 1.82) is 0 Å². The van der Waals surface area contributed by atoms with E-state index in [1.807, 2.05) is 51.5 Å². The minimum atomic E-state index is -0.342. The number of para-hydroxylation sites is 1. The number of likely N-dealkylation sites (N-methyl/N-ethyl adjacent to an activating group) is 1. The predicted molar refractivity (Wildman–Crippen MR) is 126 cm³/mol. The van der Waals surface area contributed by atoms with Crippen molar-refractivity contribution < 1.29 is 9.53 Å². The molecule has 1 aromatic carbocycles. The first kappa shape index (κ1) is 24.5. The molecule has 0 radical (unpaired) electrons. The number of guanidine groups is 1. The Morgan fingerprint density at radius 1 is 1.18 bits per heavy atom. The summed E-state index contributed by atoms with van der Waals surface area (Å²) in [5.41, 5.74) is -0.342. The zero-order valence-corrected chi connectivity index (χ0v) is 19.9. The Morgan fingerprint density at radius 3 is 2.39 bits per heavy atom. The Bertz CT molecular complexity index is 616. The Labute approximate surface area is 186 Å². The average Bonchev–Trinajstić information content (AvgIpc) is 3.15. The van der Waals surface area contributed by atoms with Crippen LogP contribution in [-0.4, -0.2) is 69.1 Å². The van der Waals surface area contributed by atoms with Crippen LogP contribution in [0.4, 0.5) is 0 Å². The van der Waals surface area contributed by atoms with E-state index < -0.39 is 0 Å². The summed E-state index contributed by atoms with van der Waals surface area (Å²) in [4.78, 5) is 21.3. The van der Waals surface area contributed by atoms with E-state index in [0.29, 0.717) is 13.2 Å². The largest absolute Gasteiger partial charge is 0.492 e. The average molecular weight is 502 g/mol. The van der Waals surface area contributed by atoms with Gasteiger partial charge in [0.1, 0.15) is 12.4 Å². The molecule has 1 amide bonds. The highest BCUT2D eigenvalue weighted by Crippen LogP contribution is 2.39. The number of nitrogens with one attached hydrogen (secondary N) is 1. The van der Waals surface area contributed by atoms with E-state index in [1.54, 1.807) is 4.90 Å². The molecule has 2 rings (SSSR count). The number of benzene rings is 1. The van der Waals surface area contributed by atoms with Gasteiger partial charge >= 0.3 is 0 Å². The molecule has 0 atom stereocenters. The maximum absolute atomic E-state index is 12.7. The van der Waals surface area contributed by atoms with Gasteiger partial charge in [0.25, 0.3) is 0 Å². The lowest BCUT2D eigenvalue weighted by atomic mass is 9.85. The number of hydrogen-bond donors (Lipinski definition) is 1. The van der Waals surface area contributed by atoms with E-state index in [9.17, 15) is 4.79 Å². The van der Waals surface area contributed by atoms with Crippen molar-refractivity contribution in [3.05, 3.63) is 30.3 Å². The first-order valence-corrected chi connectivity index (χ1v) is 9.87. The highest BCUT2D eigenvalue weighted by atomic mass is 127. The fourth-order valence-electron chi connectivity index (χ4n) is 3.58. The Morgan fingerprint density at radius 2 is 1.82 bits per heavy atom. The van der Waals surface area contributed by atoms with Crippen molar-refractivity contribution in [3.8, 4) is 5.75 Å². The van der Waals surface area contributed by atoms with E-state index in [-0.39, 0.29) is 35.3 Å². The van der Waals surface area contributed by atoms with Crippen LogP contribution in [0.3, 0.4) is 0 Å². The summed E-state index contributed by atoms with van der Waals surface area (Å²) in [6.07, 6.45) is 4.06. The molecule has 1 aliphatic carbocycles. The van der Waals surface area contributed by atoms with Gasteiger partial charge in [0.2, 0.25) is 5.91 Å². The van der Waals surface area contributed by atoms with Gasteiger partial charge in [-0.15, -0.1) is 24.0 Å². The lowest BCUT2D eigenvalue weighted by molar-refractivity contribution is -0.138. The lowest BCUT2D eigenvalue weighted by Crippen LogP contribution is -2.44. The molecule has 0 aliphatic heterocycles. The number of halogens is 1. The van der Waals surface area contributed by atoms with Gasteiger partial charge in [0, 0.05) is 27.7 Å². The summed E-state index contributed by atoms with van der Waals surface area (Å²) in [5.74, 6) is 1.90. The van der Waals surface area contributed by atoms with Gasteiger partial charge < -0.3 is 19.9 Å². The van der Waals surface area contributed by atoms with Gasteiger partial charge in [-0.05, 0) is 31.9 Å². The fourth-order valence-corrected chi connectivity index (χ4v) is 3.58. The summed E-state index contributed by atoms with van der Waals surface area (Å²) in [5, 5.41) is 3.34. The van der Waals surface area contributed by atoms with Crippen molar-refractivity contribution in [2.45, 2.75) is 32.6 Å². The molecule has 28 heavy (non-hydrogen) atoms. The summed E-state index contributed by atoms with van der Waals surface area (Å²) < 4.78 is 5.79.